The van der Waals surface area contributed by atoms with Crippen LogP contribution in [0.1, 0.15) is 12.5 Å². The number of nitrogens with one attached hydrogen (secondary N) is 2. The molecule has 1 saturated heterocycles. The highest BCUT2D eigenvalue weighted by molar-refractivity contribution is 5.81. The van der Waals surface area contributed by atoms with Gasteiger partial charge >= 0.3 is 0 Å². The number of anilines is 1. The smallest absolute Gasteiger partial charge is 0.239 e. The lowest BCUT2D eigenvalue weighted by Crippen LogP contribution is -2.52. The van der Waals surface area contributed by atoms with Gasteiger partial charge < -0.3 is 15.4 Å². The molecule has 0 spiro atoms. The predicted molar refractivity (Wildman–Crippen MR) is 77.5 cm³/mol. The SMILES string of the molecule is CCNc1cc(CN2CCOCC2C(=O)NC)ccn1. The molecule has 0 saturated carbocycles. The Morgan fingerprint density at radius 3 is 3.20 bits per heavy atom. The molecular weight excluding hydrogens is 256 g/mol. The molecule has 2 N–H and O–H groups in total. The molecule has 0 aromatic carbocycles. The Hall–Kier alpha value is -1.66. The topological polar surface area (TPSA) is 66.5 Å². The Balaban J connectivity index is 2.06. The van der Waals surface area contributed by atoms with Crippen LogP contribution in [-0.2, 0) is 16.1 Å². The largest absolute Gasteiger partial charge is 0.378 e. The fraction of sp³-hybridized carbons (Fsp3) is 0.571. The highest BCUT2D eigenvalue weighted by Gasteiger charge is 2.28. The maximum absolute atomic E-state index is 11.9. The lowest BCUT2D eigenvalue weighted by atomic mass is 10.1. The van der Waals surface area contributed by atoms with Gasteiger partial charge in [-0.3, -0.25) is 9.69 Å². The highest BCUT2D eigenvalue weighted by Crippen LogP contribution is 2.14. The van der Waals surface area contributed by atoms with Gasteiger partial charge in [-0.05, 0) is 24.6 Å². The number of nitrogens with zero attached hydrogens (tertiary/aromatic N) is 2. The van der Waals surface area contributed by atoms with Crippen LogP contribution in [0.15, 0.2) is 18.3 Å². The van der Waals surface area contributed by atoms with Gasteiger partial charge in [0.2, 0.25) is 5.91 Å². The Bertz CT molecular complexity index is 453. The van der Waals surface area contributed by atoms with Crippen molar-refractivity contribution in [2.45, 2.75) is 19.5 Å². The van der Waals surface area contributed by atoms with Gasteiger partial charge in [-0.25, -0.2) is 4.98 Å². The first-order chi connectivity index (χ1) is 9.74. The normalized spacial score (nSPS) is 19.6. The van der Waals surface area contributed by atoms with Crippen molar-refractivity contribution in [1.82, 2.24) is 15.2 Å². The van der Waals surface area contributed by atoms with E-state index >= 15 is 0 Å². The van der Waals surface area contributed by atoms with Gasteiger partial charge in [0.05, 0.1) is 13.2 Å². The van der Waals surface area contributed by atoms with Gasteiger partial charge in [-0.15, -0.1) is 0 Å². The fourth-order valence-corrected chi connectivity index (χ4v) is 2.32. The van der Waals surface area contributed by atoms with E-state index in [0.29, 0.717) is 13.2 Å². The zero-order valence-corrected chi connectivity index (χ0v) is 12.1. The summed E-state index contributed by atoms with van der Waals surface area (Å²) in [7, 11) is 1.66. The van der Waals surface area contributed by atoms with E-state index in [1.807, 2.05) is 19.1 Å². The van der Waals surface area contributed by atoms with Crippen molar-refractivity contribution in [3.63, 3.8) is 0 Å². The minimum Gasteiger partial charge on any atom is -0.378 e. The van der Waals surface area contributed by atoms with Gasteiger partial charge in [-0.2, -0.15) is 0 Å². The number of aromatic nitrogens is 1. The van der Waals surface area contributed by atoms with Crippen LogP contribution in [0.5, 0.6) is 0 Å². The molecule has 1 amide bonds. The fourth-order valence-electron chi connectivity index (χ4n) is 2.32. The molecule has 1 atom stereocenters. The van der Waals surface area contributed by atoms with Crippen molar-refractivity contribution >= 4 is 11.7 Å². The molecule has 1 unspecified atom stereocenters. The first-order valence-corrected chi connectivity index (χ1v) is 6.96. The quantitative estimate of drug-likeness (QED) is 0.819. The number of ether oxygens (including phenoxy) is 1. The molecule has 1 aliphatic rings. The number of hydrogen-bond donors (Lipinski definition) is 2. The van der Waals surface area contributed by atoms with Crippen LogP contribution >= 0.6 is 0 Å². The maximum Gasteiger partial charge on any atom is 0.239 e. The van der Waals surface area contributed by atoms with Crippen LogP contribution in [0.2, 0.25) is 0 Å². The van der Waals surface area contributed by atoms with Crippen LogP contribution in [0.25, 0.3) is 0 Å². The Morgan fingerprint density at radius 1 is 1.60 bits per heavy atom. The summed E-state index contributed by atoms with van der Waals surface area (Å²) < 4.78 is 5.41. The molecule has 2 rings (SSSR count). The third-order valence-corrected chi connectivity index (χ3v) is 3.36. The van der Waals surface area contributed by atoms with Gasteiger partial charge in [0.15, 0.2) is 0 Å². The average molecular weight is 278 g/mol. The number of morpholine rings is 1. The molecule has 20 heavy (non-hydrogen) atoms. The van der Waals surface area contributed by atoms with Gasteiger partial charge in [-0.1, -0.05) is 0 Å². The van der Waals surface area contributed by atoms with Gasteiger partial charge in [0.25, 0.3) is 0 Å². The Labute approximate surface area is 119 Å². The second kappa shape index (κ2) is 7.21. The van der Waals surface area contributed by atoms with Gasteiger partial charge in [0, 0.05) is 32.9 Å². The Kier molecular flexibility index (Phi) is 5.31. The van der Waals surface area contributed by atoms with Crippen molar-refractivity contribution in [2.24, 2.45) is 0 Å². The summed E-state index contributed by atoms with van der Waals surface area (Å²) in [5.41, 5.74) is 1.15. The number of carbonyl (C=O) groups excluding carboxylic acids is 1. The van der Waals surface area contributed by atoms with Crippen molar-refractivity contribution in [3.8, 4) is 0 Å². The molecule has 1 aromatic heterocycles. The maximum atomic E-state index is 11.9. The summed E-state index contributed by atoms with van der Waals surface area (Å²) in [6, 6.07) is 3.79. The molecule has 0 bridgehead atoms. The lowest BCUT2D eigenvalue weighted by Gasteiger charge is -2.34. The molecule has 110 valence electrons. The summed E-state index contributed by atoms with van der Waals surface area (Å²) in [5, 5.41) is 5.89. The summed E-state index contributed by atoms with van der Waals surface area (Å²) in [5.74, 6) is 0.875. The summed E-state index contributed by atoms with van der Waals surface area (Å²) >= 11 is 0. The molecule has 1 fully saturated rings. The monoisotopic (exact) mass is 278 g/mol. The molecule has 6 nitrogen and oxygen atoms in total. The molecule has 0 radical (unpaired) electrons. The minimum absolute atomic E-state index is 0.00524. The second-order valence-electron chi connectivity index (χ2n) is 4.76. The van der Waals surface area contributed by atoms with Crippen LogP contribution in [0, 0.1) is 0 Å². The first-order valence-electron chi connectivity index (χ1n) is 6.96. The van der Waals surface area contributed by atoms with E-state index in [-0.39, 0.29) is 11.9 Å². The summed E-state index contributed by atoms with van der Waals surface area (Å²) in [6.45, 7) is 5.48. The van der Waals surface area contributed by atoms with E-state index in [0.717, 1.165) is 31.0 Å². The zero-order valence-electron chi connectivity index (χ0n) is 12.1. The van der Waals surface area contributed by atoms with Crippen molar-refractivity contribution in [3.05, 3.63) is 23.9 Å². The molecule has 6 heteroatoms. The number of carbonyl (C=O) groups is 1. The van der Waals surface area contributed by atoms with Crippen molar-refractivity contribution in [2.75, 3.05) is 38.7 Å². The van der Waals surface area contributed by atoms with E-state index in [1.54, 1.807) is 13.2 Å². The van der Waals surface area contributed by atoms with E-state index in [4.69, 9.17) is 4.74 Å². The average Bonchev–Trinajstić information content (AvgIpc) is 2.48. The van der Waals surface area contributed by atoms with Crippen LogP contribution in [0.4, 0.5) is 5.82 Å². The lowest BCUT2D eigenvalue weighted by molar-refractivity contribution is -0.132. The standard InChI is InChI=1S/C14H22N4O2/c1-3-16-13-8-11(4-5-17-13)9-18-6-7-20-10-12(18)14(19)15-2/h4-5,8,12H,3,6-7,9-10H2,1-2H3,(H,15,19)(H,16,17). The number of rotatable bonds is 5. The zero-order chi connectivity index (χ0) is 14.4. The molecular formula is C14H22N4O2. The molecule has 1 aromatic rings. The van der Waals surface area contributed by atoms with Gasteiger partial charge in [0.1, 0.15) is 11.9 Å². The molecule has 0 aliphatic carbocycles. The predicted octanol–water partition coefficient (Wildman–Crippen LogP) is 0.460. The highest BCUT2D eigenvalue weighted by atomic mass is 16.5. The van der Waals surface area contributed by atoms with E-state index in [1.165, 1.54) is 0 Å². The second-order valence-corrected chi connectivity index (χ2v) is 4.76. The number of amides is 1. The van der Waals surface area contributed by atoms with Crippen molar-refractivity contribution in [1.29, 1.82) is 0 Å². The number of pyridine rings is 1. The van der Waals surface area contributed by atoms with Crippen molar-refractivity contribution < 1.29 is 9.53 Å². The van der Waals surface area contributed by atoms with Crippen LogP contribution in [0.3, 0.4) is 0 Å². The molecule has 1 aliphatic heterocycles. The summed E-state index contributed by atoms with van der Waals surface area (Å²) in [4.78, 5) is 18.3. The summed E-state index contributed by atoms with van der Waals surface area (Å²) in [6.07, 6.45) is 1.79. The third-order valence-electron chi connectivity index (χ3n) is 3.36. The first kappa shape index (κ1) is 14.7. The number of hydrogen-bond acceptors (Lipinski definition) is 5. The number of likely N-dealkylation sites (N-methyl/N-ethyl adjacent to an activating group) is 1. The molecule has 2 heterocycles. The van der Waals surface area contributed by atoms with E-state index in [9.17, 15) is 4.79 Å². The Morgan fingerprint density at radius 2 is 2.45 bits per heavy atom. The van der Waals surface area contributed by atoms with Crippen LogP contribution < -0.4 is 10.6 Å². The van der Waals surface area contributed by atoms with Crippen LogP contribution in [-0.4, -0.2) is 55.2 Å². The third kappa shape index (κ3) is 3.68. The minimum atomic E-state index is -0.218. The van der Waals surface area contributed by atoms with E-state index in [2.05, 4.69) is 20.5 Å². The van der Waals surface area contributed by atoms with E-state index < -0.39 is 0 Å².